The first-order chi connectivity index (χ1) is 20.5. The Labute approximate surface area is 260 Å². The fourth-order valence-corrected chi connectivity index (χ4v) is 9.59. The second kappa shape index (κ2) is 11.7. The van der Waals surface area contributed by atoms with Gasteiger partial charge in [0.25, 0.3) is 5.91 Å². The van der Waals surface area contributed by atoms with E-state index >= 15 is 0 Å². The van der Waals surface area contributed by atoms with Crippen LogP contribution in [0.4, 0.5) is 5.69 Å². The molecular formula is C34H43ClN2O5S. The molecule has 4 aliphatic rings. The van der Waals surface area contributed by atoms with Gasteiger partial charge in [-0.1, -0.05) is 31.0 Å². The third-order valence-corrected chi connectivity index (χ3v) is 13.1. The van der Waals surface area contributed by atoms with Crippen LogP contribution in [-0.4, -0.2) is 45.1 Å². The van der Waals surface area contributed by atoms with Gasteiger partial charge < -0.3 is 9.64 Å². The van der Waals surface area contributed by atoms with Gasteiger partial charge in [-0.05, 0) is 118 Å². The van der Waals surface area contributed by atoms with Crippen LogP contribution in [0.25, 0.3) is 0 Å². The number of hydrogen-bond acceptors (Lipinski definition) is 6. The molecule has 0 saturated heterocycles. The molecular weight excluding hydrogens is 584 g/mol. The van der Waals surface area contributed by atoms with Crippen LogP contribution in [0.3, 0.4) is 0 Å². The van der Waals surface area contributed by atoms with E-state index in [1.54, 1.807) is 32.0 Å². The van der Waals surface area contributed by atoms with Gasteiger partial charge in [0.2, 0.25) is 10.0 Å². The van der Waals surface area contributed by atoms with Crippen molar-refractivity contribution in [3.63, 3.8) is 0 Å². The molecule has 1 spiro atoms. The number of rotatable bonds is 1. The molecule has 0 aromatic heterocycles. The maximum absolute atomic E-state index is 13.4. The average Bonchev–Trinajstić information content (AvgIpc) is 3.10. The van der Waals surface area contributed by atoms with E-state index in [0.717, 1.165) is 62.2 Å². The molecule has 1 fully saturated rings. The highest BCUT2D eigenvalue weighted by Crippen LogP contribution is 2.48. The number of carbonyl (C=O) groups is 2. The van der Waals surface area contributed by atoms with Crippen LogP contribution < -0.4 is 14.4 Å². The second-order valence-corrected chi connectivity index (χ2v) is 16.1. The number of nitrogens with zero attached hydrogens (tertiary/aromatic N) is 1. The highest BCUT2D eigenvalue weighted by Gasteiger charge is 2.45. The van der Waals surface area contributed by atoms with Gasteiger partial charge in [-0.15, -0.1) is 0 Å². The Hall–Kier alpha value is -2.58. The van der Waals surface area contributed by atoms with Crippen molar-refractivity contribution in [2.24, 2.45) is 23.7 Å². The van der Waals surface area contributed by atoms with Gasteiger partial charge in [-0.3, -0.25) is 9.59 Å². The fourth-order valence-electron chi connectivity index (χ4n) is 8.09. The Kier molecular flexibility index (Phi) is 8.31. The van der Waals surface area contributed by atoms with Crippen LogP contribution in [0.2, 0.25) is 5.02 Å². The number of amides is 1. The Morgan fingerprint density at radius 2 is 1.88 bits per heavy atom. The topological polar surface area (TPSA) is 92.8 Å². The lowest BCUT2D eigenvalue weighted by atomic mass is 9.64. The van der Waals surface area contributed by atoms with E-state index in [0.29, 0.717) is 42.7 Å². The molecule has 2 aliphatic heterocycles. The van der Waals surface area contributed by atoms with Crippen LogP contribution in [0.15, 0.2) is 36.4 Å². The summed E-state index contributed by atoms with van der Waals surface area (Å²) in [5.74, 6) is 0.784. The quantitative estimate of drug-likeness (QED) is 0.399. The summed E-state index contributed by atoms with van der Waals surface area (Å²) in [6.45, 7) is 7.26. The van der Waals surface area contributed by atoms with Crippen molar-refractivity contribution in [1.29, 1.82) is 0 Å². The first kappa shape index (κ1) is 30.4. The second-order valence-electron chi connectivity index (χ2n) is 13.6. The number of Topliss-reactive ketones (excluding diaryl/α,β-unsaturated/α-hetero) is 1. The number of benzene rings is 2. The number of ether oxygens (including phenoxy) is 1. The summed E-state index contributed by atoms with van der Waals surface area (Å²) in [5, 5.41) is -0.00230. The molecule has 9 heteroatoms. The summed E-state index contributed by atoms with van der Waals surface area (Å²) in [4.78, 5) is 28.7. The van der Waals surface area contributed by atoms with E-state index < -0.39 is 21.2 Å². The summed E-state index contributed by atoms with van der Waals surface area (Å²) in [6.07, 6.45) is 7.30. The van der Waals surface area contributed by atoms with Gasteiger partial charge in [-0.2, -0.15) is 0 Å². The summed E-state index contributed by atoms with van der Waals surface area (Å²) in [5.41, 5.74) is 3.37. The third-order valence-electron chi connectivity index (χ3n) is 11.0. The molecule has 0 radical (unpaired) electrons. The molecule has 232 valence electrons. The number of hydrogen-bond donors (Lipinski definition) is 1. The van der Waals surface area contributed by atoms with Crippen molar-refractivity contribution in [3.05, 3.63) is 58.1 Å². The molecule has 43 heavy (non-hydrogen) atoms. The maximum Gasteiger partial charge on any atom is 0.264 e. The number of aryl methyl sites for hydroxylation is 1. The third kappa shape index (κ3) is 5.82. The number of ketones is 1. The van der Waals surface area contributed by atoms with Gasteiger partial charge in [0.1, 0.15) is 11.5 Å². The van der Waals surface area contributed by atoms with Crippen molar-refractivity contribution in [3.8, 4) is 5.75 Å². The summed E-state index contributed by atoms with van der Waals surface area (Å²) in [6, 6.07) is 11.4. The predicted molar refractivity (Wildman–Crippen MR) is 169 cm³/mol. The van der Waals surface area contributed by atoms with Crippen LogP contribution in [-0.2, 0) is 26.7 Å². The van der Waals surface area contributed by atoms with Crippen LogP contribution >= 0.6 is 11.6 Å². The smallest absolute Gasteiger partial charge is 0.264 e. The van der Waals surface area contributed by atoms with E-state index in [4.69, 9.17) is 16.3 Å². The number of anilines is 1. The predicted octanol–water partition coefficient (Wildman–Crippen LogP) is 6.31. The maximum atomic E-state index is 13.4. The largest absolute Gasteiger partial charge is 0.490 e. The molecule has 2 bridgehead atoms. The van der Waals surface area contributed by atoms with Crippen molar-refractivity contribution >= 4 is 39.0 Å². The molecule has 1 unspecified atom stereocenters. The first-order valence-electron chi connectivity index (χ1n) is 15.8. The molecule has 6 rings (SSSR count). The Morgan fingerprint density at radius 3 is 2.63 bits per heavy atom. The number of carbonyl (C=O) groups excluding carboxylic acids is 2. The summed E-state index contributed by atoms with van der Waals surface area (Å²) < 4.78 is 35.4. The van der Waals surface area contributed by atoms with Crippen LogP contribution in [0.5, 0.6) is 5.75 Å². The molecule has 1 amide bonds. The monoisotopic (exact) mass is 626 g/mol. The Balaban J connectivity index is 1.43. The Bertz CT molecular complexity index is 1530. The van der Waals surface area contributed by atoms with E-state index in [-0.39, 0.29) is 23.0 Å². The summed E-state index contributed by atoms with van der Waals surface area (Å²) >= 11 is 6.40. The van der Waals surface area contributed by atoms with E-state index in [1.807, 2.05) is 13.0 Å². The number of nitrogens with one attached hydrogen (secondary N) is 1. The first-order valence-corrected chi connectivity index (χ1v) is 17.8. The molecule has 2 aromatic carbocycles. The summed E-state index contributed by atoms with van der Waals surface area (Å²) in [7, 11) is -3.90. The van der Waals surface area contributed by atoms with Crippen molar-refractivity contribution in [2.45, 2.75) is 82.8 Å². The zero-order chi connectivity index (χ0) is 30.5. The number of sulfonamides is 1. The lowest BCUT2D eigenvalue weighted by Crippen LogP contribution is -2.49. The SMILES string of the molecule is CC(=O)C1CCC[C@H](C)[C@@H](C)S(=O)(=O)NC(=O)c2ccc3c(c2)N(C[C@@H]2CC[C@@H]12)C[C@@]1(CCCc2cc(Cl)ccc21)CO3. The van der Waals surface area contributed by atoms with Gasteiger partial charge in [-0.25, -0.2) is 13.1 Å². The van der Waals surface area contributed by atoms with Crippen molar-refractivity contribution < 1.29 is 22.7 Å². The van der Waals surface area contributed by atoms with Crippen LogP contribution in [0.1, 0.15) is 87.2 Å². The van der Waals surface area contributed by atoms with Crippen molar-refractivity contribution in [2.75, 3.05) is 24.6 Å². The zero-order valence-electron chi connectivity index (χ0n) is 25.4. The molecule has 1 N–H and O–H groups in total. The normalized spacial score (nSPS) is 32.3. The fraction of sp³-hybridized carbons (Fsp3) is 0.588. The molecule has 2 aromatic rings. The van der Waals surface area contributed by atoms with Gasteiger partial charge in [0.15, 0.2) is 0 Å². The molecule has 2 heterocycles. The average molecular weight is 627 g/mol. The minimum Gasteiger partial charge on any atom is -0.490 e. The molecule has 2 aliphatic carbocycles. The number of fused-ring (bicyclic) bond motifs is 4. The standard InChI is InChI=1S/C34H43ClN2O5S/c1-21-6-4-8-28(22(2)38)29-12-9-26(29)18-37-19-34(15-5-7-24-16-27(35)11-13-30(24)34)20-42-32-14-10-25(17-31(32)37)33(39)36-43(40,41)23(21)3/h10-11,13-14,16-17,21,23,26,28-29H,4-9,12,15,18-20H2,1-3H3,(H,36,39)/t21-,23+,26-,28?,29+,34-/m0/s1. The molecule has 1 saturated carbocycles. The Morgan fingerprint density at radius 1 is 1.07 bits per heavy atom. The zero-order valence-corrected chi connectivity index (χ0v) is 27.0. The highest BCUT2D eigenvalue weighted by molar-refractivity contribution is 7.90. The van der Waals surface area contributed by atoms with Gasteiger partial charge in [0.05, 0.1) is 17.5 Å². The molecule has 7 nitrogen and oxygen atoms in total. The van der Waals surface area contributed by atoms with E-state index in [9.17, 15) is 18.0 Å². The number of halogens is 1. The minimum absolute atomic E-state index is 0.0222. The van der Waals surface area contributed by atoms with E-state index in [2.05, 4.69) is 21.8 Å². The van der Waals surface area contributed by atoms with E-state index in [1.165, 1.54) is 11.1 Å². The lowest BCUT2D eigenvalue weighted by Gasteiger charge is -2.46. The van der Waals surface area contributed by atoms with Crippen molar-refractivity contribution in [1.82, 2.24) is 4.72 Å². The van der Waals surface area contributed by atoms with Crippen LogP contribution in [0, 0.1) is 23.7 Å². The van der Waals surface area contributed by atoms with Gasteiger partial charge in [0, 0.05) is 35.0 Å². The highest BCUT2D eigenvalue weighted by atomic mass is 35.5. The molecule has 6 atom stereocenters. The van der Waals surface area contributed by atoms with Gasteiger partial charge >= 0.3 is 0 Å². The minimum atomic E-state index is -3.90. The lowest BCUT2D eigenvalue weighted by molar-refractivity contribution is -0.125.